The zero-order chi connectivity index (χ0) is 14.7. The maximum absolute atomic E-state index is 5.84. The van der Waals surface area contributed by atoms with Crippen molar-refractivity contribution < 1.29 is 4.74 Å². The van der Waals surface area contributed by atoms with E-state index in [2.05, 4.69) is 39.6 Å². The topological polar surface area (TPSA) is 73.1 Å². The highest BCUT2D eigenvalue weighted by atomic mass is 16.5. The fraction of sp³-hybridized carbons (Fsp3) is 0.375. The highest BCUT2D eigenvalue weighted by Gasteiger charge is 2.21. The molecule has 1 heterocycles. The predicted molar refractivity (Wildman–Crippen MR) is 83.0 cm³/mol. The molecule has 0 saturated heterocycles. The van der Waals surface area contributed by atoms with Crippen LogP contribution in [-0.4, -0.2) is 22.6 Å². The van der Waals surface area contributed by atoms with Gasteiger partial charge < -0.3 is 15.8 Å². The van der Waals surface area contributed by atoms with Gasteiger partial charge in [0.05, 0.1) is 0 Å². The molecule has 0 amide bonds. The number of hydrogen-bond donors (Lipinski definition) is 2. The van der Waals surface area contributed by atoms with Gasteiger partial charge in [0.15, 0.2) is 5.82 Å². The van der Waals surface area contributed by atoms with Crippen LogP contribution in [0.25, 0.3) is 0 Å². The molecule has 1 aromatic carbocycles. The van der Waals surface area contributed by atoms with Gasteiger partial charge in [-0.15, -0.1) is 0 Å². The molecule has 1 aliphatic rings. The third kappa shape index (κ3) is 3.31. The van der Waals surface area contributed by atoms with Crippen molar-refractivity contribution in [1.82, 2.24) is 9.97 Å². The number of ether oxygens (including phenoxy) is 1. The van der Waals surface area contributed by atoms with Crippen LogP contribution in [-0.2, 0) is 24.2 Å². The Morgan fingerprint density at radius 3 is 2.62 bits per heavy atom. The van der Waals surface area contributed by atoms with Crippen LogP contribution in [0.2, 0.25) is 0 Å². The number of anilines is 2. The summed E-state index contributed by atoms with van der Waals surface area (Å²) < 4.78 is 5.34. The standard InChI is InChI=1S/C16H20N4O/c1-2-21-10-16-19-14(17)9-15(20-16)18-13-7-11-5-3-4-6-12(11)8-13/h3-6,9,13H,2,7-8,10H2,1H3,(H3,17,18,19,20). The molecule has 1 aliphatic carbocycles. The minimum Gasteiger partial charge on any atom is -0.384 e. The van der Waals surface area contributed by atoms with E-state index >= 15 is 0 Å². The van der Waals surface area contributed by atoms with Crippen molar-refractivity contribution in [2.45, 2.75) is 32.4 Å². The average molecular weight is 284 g/mol. The largest absolute Gasteiger partial charge is 0.384 e. The van der Waals surface area contributed by atoms with Gasteiger partial charge in [0.2, 0.25) is 0 Å². The summed E-state index contributed by atoms with van der Waals surface area (Å²) >= 11 is 0. The van der Waals surface area contributed by atoms with E-state index in [9.17, 15) is 0 Å². The summed E-state index contributed by atoms with van der Waals surface area (Å²) in [4.78, 5) is 8.66. The molecule has 5 heteroatoms. The van der Waals surface area contributed by atoms with Gasteiger partial charge in [0.1, 0.15) is 18.2 Å². The van der Waals surface area contributed by atoms with Crippen LogP contribution in [0.5, 0.6) is 0 Å². The summed E-state index contributed by atoms with van der Waals surface area (Å²) in [5, 5.41) is 3.46. The smallest absolute Gasteiger partial charge is 0.158 e. The van der Waals surface area contributed by atoms with Crippen LogP contribution >= 0.6 is 0 Å². The molecule has 0 spiro atoms. The summed E-state index contributed by atoms with van der Waals surface area (Å²) in [5.41, 5.74) is 8.66. The van der Waals surface area contributed by atoms with E-state index in [0.29, 0.717) is 30.9 Å². The molecule has 1 aromatic heterocycles. The molecule has 0 unspecified atom stereocenters. The molecule has 0 radical (unpaired) electrons. The summed E-state index contributed by atoms with van der Waals surface area (Å²) in [5.74, 6) is 1.86. The molecule has 21 heavy (non-hydrogen) atoms. The number of aromatic nitrogens is 2. The van der Waals surface area contributed by atoms with Gasteiger partial charge in [-0.25, -0.2) is 9.97 Å². The highest BCUT2D eigenvalue weighted by Crippen LogP contribution is 2.24. The van der Waals surface area contributed by atoms with Crippen molar-refractivity contribution in [3.63, 3.8) is 0 Å². The van der Waals surface area contributed by atoms with Crippen LogP contribution in [0.15, 0.2) is 30.3 Å². The van der Waals surface area contributed by atoms with E-state index in [1.807, 2.05) is 6.92 Å². The first-order valence-corrected chi connectivity index (χ1v) is 7.29. The molecule has 0 fully saturated rings. The van der Waals surface area contributed by atoms with Crippen molar-refractivity contribution in [1.29, 1.82) is 0 Å². The lowest BCUT2D eigenvalue weighted by Crippen LogP contribution is -2.21. The number of nitrogen functional groups attached to an aromatic ring is 1. The van der Waals surface area contributed by atoms with E-state index in [1.165, 1.54) is 11.1 Å². The Labute approximate surface area is 124 Å². The number of hydrogen-bond acceptors (Lipinski definition) is 5. The summed E-state index contributed by atoms with van der Waals surface area (Å²) in [7, 11) is 0. The van der Waals surface area contributed by atoms with Crippen molar-refractivity contribution in [3.05, 3.63) is 47.3 Å². The van der Waals surface area contributed by atoms with Gasteiger partial charge in [-0.3, -0.25) is 0 Å². The Kier molecular flexibility index (Phi) is 4.01. The molecule has 5 nitrogen and oxygen atoms in total. The SMILES string of the molecule is CCOCc1nc(N)cc(NC2Cc3ccccc3C2)n1. The number of benzene rings is 1. The molecule has 3 N–H and O–H groups in total. The number of fused-ring (bicyclic) bond motifs is 1. The number of rotatable bonds is 5. The minimum absolute atomic E-state index is 0.358. The summed E-state index contributed by atoms with van der Waals surface area (Å²) in [6.45, 7) is 2.97. The van der Waals surface area contributed by atoms with Crippen molar-refractivity contribution in [2.75, 3.05) is 17.7 Å². The lowest BCUT2D eigenvalue weighted by Gasteiger charge is -2.14. The van der Waals surface area contributed by atoms with Crippen LogP contribution in [0.1, 0.15) is 23.9 Å². The molecular weight excluding hydrogens is 264 g/mol. The van der Waals surface area contributed by atoms with E-state index in [0.717, 1.165) is 18.7 Å². The molecule has 3 rings (SSSR count). The molecule has 110 valence electrons. The van der Waals surface area contributed by atoms with Crippen LogP contribution in [0.3, 0.4) is 0 Å². The lowest BCUT2D eigenvalue weighted by atomic mass is 10.1. The zero-order valence-corrected chi connectivity index (χ0v) is 12.2. The fourth-order valence-corrected chi connectivity index (χ4v) is 2.72. The van der Waals surface area contributed by atoms with E-state index < -0.39 is 0 Å². The third-order valence-electron chi connectivity index (χ3n) is 3.63. The monoisotopic (exact) mass is 284 g/mol. The van der Waals surface area contributed by atoms with Crippen LogP contribution in [0, 0.1) is 0 Å². The molecule has 2 aromatic rings. The number of nitrogens with one attached hydrogen (secondary N) is 1. The second-order valence-electron chi connectivity index (χ2n) is 5.25. The van der Waals surface area contributed by atoms with E-state index in [-0.39, 0.29) is 0 Å². The van der Waals surface area contributed by atoms with E-state index in [4.69, 9.17) is 10.5 Å². The van der Waals surface area contributed by atoms with Gasteiger partial charge in [-0.1, -0.05) is 24.3 Å². The lowest BCUT2D eigenvalue weighted by molar-refractivity contribution is 0.128. The van der Waals surface area contributed by atoms with Gasteiger partial charge >= 0.3 is 0 Å². The minimum atomic E-state index is 0.358. The maximum Gasteiger partial charge on any atom is 0.158 e. The van der Waals surface area contributed by atoms with Crippen molar-refractivity contribution in [2.24, 2.45) is 0 Å². The first kappa shape index (κ1) is 13.8. The Balaban J connectivity index is 1.70. The number of nitrogens with two attached hydrogens (primary N) is 1. The van der Waals surface area contributed by atoms with Crippen molar-refractivity contribution >= 4 is 11.6 Å². The second kappa shape index (κ2) is 6.10. The maximum atomic E-state index is 5.84. The summed E-state index contributed by atoms with van der Waals surface area (Å²) in [6.07, 6.45) is 2.03. The van der Waals surface area contributed by atoms with E-state index in [1.54, 1.807) is 6.07 Å². The van der Waals surface area contributed by atoms with Gasteiger partial charge in [0.25, 0.3) is 0 Å². The quantitative estimate of drug-likeness (QED) is 0.880. The van der Waals surface area contributed by atoms with Gasteiger partial charge in [0, 0.05) is 18.7 Å². The normalized spacial score (nSPS) is 14.1. The first-order chi connectivity index (χ1) is 10.2. The molecule has 0 bridgehead atoms. The Morgan fingerprint density at radius 2 is 1.95 bits per heavy atom. The highest BCUT2D eigenvalue weighted by molar-refractivity contribution is 5.47. The molecule has 0 aliphatic heterocycles. The van der Waals surface area contributed by atoms with Gasteiger partial charge in [-0.05, 0) is 30.9 Å². The fourth-order valence-electron chi connectivity index (χ4n) is 2.72. The average Bonchev–Trinajstić information content (AvgIpc) is 2.86. The van der Waals surface area contributed by atoms with Gasteiger partial charge in [-0.2, -0.15) is 0 Å². The second-order valence-corrected chi connectivity index (χ2v) is 5.25. The molecule has 0 saturated carbocycles. The molecule has 0 atom stereocenters. The summed E-state index contributed by atoms with van der Waals surface area (Å²) in [6, 6.07) is 10.7. The van der Waals surface area contributed by atoms with Crippen molar-refractivity contribution in [3.8, 4) is 0 Å². The molecular formula is C16H20N4O. The third-order valence-corrected chi connectivity index (χ3v) is 3.63. The Bertz CT molecular complexity index is 604. The Morgan fingerprint density at radius 1 is 1.24 bits per heavy atom. The zero-order valence-electron chi connectivity index (χ0n) is 12.2. The predicted octanol–water partition coefficient (Wildman–Crippen LogP) is 2.17. The van der Waals surface area contributed by atoms with Crippen LogP contribution in [0.4, 0.5) is 11.6 Å². The number of nitrogens with zero attached hydrogens (tertiary/aromatic N) is 2. The van der Waals surface area contributed by atoms with Crippen LogP contribution < -0.4 is 11.1 Å². The first-order valence-electron chi connectivity index (χ1n) is 7.29. The Hall–Kier alpha value is -2.14.